The maximum Gasteiger partial charge on any atom is 0.250 e. The topological polar surface area (TPSA) is 90.0 Å². The van der Waals surface area contributed by atoms with Gasteiger partial charge in [-0.25, -0.2) is 8.42 Å². The van der Waals surface area contributed by atoms with Gasteiger partial charge in [0.05, 0.1) is 16.3 Å². The normalized spacial score (nSPS) is 17.8. The van der Waals surface area contributed by atoms with Crippen molar-refractivity contribution in [2.45, 2.75) is 50.5 Å². The second-order valence-corrected chi connectivity index (χ2v) is 10.9. The number of fused-ring (bicyclic) bond motifs is 3. The van der Waals surface area contributed by atoms with Gasteiger partial charge in [-0.05, 0) is 49.4 Å². The van der Waals surface area contributed by atoms with Crippen molar-refractivity contribution in [2.75, 3.05) is 42.5 Å². The Hall–Kier alpha value is -2.91. The number of sulfonamides is 1. The molecule has 1 fully saturated rings. The van der Waals surface area contributed by atoms with E-state index in [0.29, 0.717) is 31.7 Å². The highest BCUT2D eigenvalue weighted by atomic mass is 32.2. The van der Waals surface area contributed by atoms with E-state index in [0.717, 1.165) is 37.1 Å². The molecule has 2 aromatic carbocycles. The molecule has 2 heterocycles. The molecule has 188 valence electrons. The maximum atomic E-state index is 13.5. The van der Waals surface area contributed by atoms with Crippen LogP contribution in [0.15, 0.2) is 53.4 Å². The number of amides is 2. The number of piperidine rings is 1. The number of nitrogens with one attached hydrogen (secondary N) is 1. The summed E-state index contributed by atoms with van der Waals surface area (Å²) in [6.45, 7) is 5.38. The molecule has 1 saturated heterocycles. The van der Waals surface area contributed by atoms with Crippen molar-refractivity contribution in [3.63, 3.8) is 0 Å². The molecule has 2 amide bonds. The lowest BCUT2D eigenvalue weighted by Gasteiger charge is -2.45. The van der Waals surface area contributed by atoms with Crippen molar-refractivity contribution < 1.29 is 18.0 Å². The van der Waals surface area contributed by atoms with Crippen LogP contribution in [0.2, 0.25) is 0 Å². The van der Waals surface area contributed by atoms with Gasteiger partial charge < -0.3 is 10.2 Å². The van der Waals surface area contributed by atoms with E-state index in [4.69, 9.17) is 0 Å². The second-order valence-electron chi connectivity index (χ2n) is 8.95. The van der Waals surface area contributed by atoms with Crippen LogP contribution < -0.4 is 15.1 Å². The second kappa shape index (κ2) is 10.8. The average molecular weight is 499 g/mol. The van der Waals surface area contributed by atoms with Crippen LogP contribution in [0.25, 0.3) is 0 Å². The van der Waals surface area contributed by atoms with Crippen LogP contribution in [0, 0.1) is 0 Å². The van der Waals surface area contributed by atoms with Gasteiger partial charge in [-0.3, -0.25) is 14.5 Å². The standard InChI is InChI=1S/C26H34N4O4S/c1-3-28(4-2)35(33,34)21-13-14-22-24(18-21)30(26(32)23-12-8-9-17-29(22)23)19-25(31)27-16-15-20-10-6-5-7-11-20/h5-7,10-11,13-14,18,23H,3-4,8-9,12,15-17,19H2,1-2H3,(H,27,31)/t23-/m0/s1. The number of carbonyl (C=O) groups is 2. The van der Waals surface area contributed by atoms with E-state index in [1.807, 2.05) is 30.3 Å². The number of anilines is 2. The Morgan fingerprint density at radius 2 is 1.80 bits per heavy atom. The van der Waals surface area contributed by atoms with Gasteiger partial charge >= 0.3 is 0 Å². The first-order valence-corrected chi connectivity index (χ1v) is 13.8. The van der Waals surface area contributed by atoms with E-state index >= 15 is 0 Å². The number of hydrogen-bond acceptors (Lipinski definition) is 5. The predicted octanol–water partition coefficient (Wildman–Crippen LogP) is 2.78. The van der Waals surface area contributed by atoms with E-state index in [1.165, 1.54) is 9.21 Å². The fourth-order valence-electron chi connectivity index (χ4n) is 4.96. The van der Waals surface area contributed by atoms with Gasteiger partial charge in [0.1, 0.15) is 12.6 Å². The first-order valence-electron chi connectivity index (χ1n) is 12.4. The molecule has 0 saturated carbocycles. The van der Waals surface area contributed by atoms with Crippen LogP contribution in [0.1, 0.15) is 38.7 Å². The third-order valence-corrected chi connectivity index (χ3v) is 8.87. The van der Waals surface area contributed by atoms with E-state index in [9.17, 15) is 18.0 Å². The summed E-state index contributed by atoms with van der Waals surface area (Å²) in [5.74, 6) is -0.408. The number of rotatable bonds is 9. The molecule has 9 heteroatoms. The molecule has 0 radical (unpaired) electrons. The predicted molar refractivity (Wildman–Crippen MR) is 137 cm³/mol. The lowest BCUT2D eigenvalue weighted by atomic mass is 9.96. The Labute approximate surface area is 207 Å². The molecule has 0 unspecified atom stereocenters. The molecule has 8 nitrogen and oxygen atoms in total. The van der Waals surface area contributed by atoms with Crippen molar-refractivity contribution in [3.05, 3.63) is 54.1 Å². The quantitative estimate of drug-likeness (QED) is 0.574. The largest absolute Gasteiger partial charge is 0.358 e. The molecule has 0 aromatic heterocycles. The summed E-state index contributed by atoms with van der Waals surface area (Å²) in [6.07, 6.45) is 3.35. The van der Waals surface area contributed by atoms with Crippen molar-refractivity contribution >= 4 is 33.2 Å². The monoisotopic (exact) mass is 498 g/mol. The van der Waals surface area contributed by atoms with Crippen molar-refractivity contribution in [1.29, 1.82) is 0 Å². The Bertz CT molecular complexity index is 1170. The van der Waals surface area contributed by atoms with Crippen molar-refractivity contribution in [3.8, 4) is 0 Å². The Morgan fingerprint density at radius 3 is 2.51 bits per heavy atom. The lowest BCUT2D eigenvalue weighted by molar-refractivity contribution is -0.124. The van der Waals surface area contributed by atoms with E-state index < -0.39 is 10.0 Å². The van der Waals surface area contributed by atoms with Gasteiger partial charge in [0.15, 0.2) is 0 Å². The molecule has 1 atom stereocenters. The molecule has 35 heavy (non-hydrogen) atoms. The highest BCUT2D eigenvalue weighted by Crippen LogP contribution is 2.40. The summed E-state index contributed by atoms with van der Waals surface area (Å²) in [5, 5.41) is 2.91. The van der Waals surface area contributed by atoms with Gasteiger partial charge in [-0.1, -0.05) is 44.2 Å². The third kappa shape index (κ3) is 5.21. The van der Waals surface area contributed by atoms with Crippen molar-refractivity contribution in [1.82, 2.24) is 9.62 Å². The lowest BCUT2D eigenvalue weighted by Crippen LogP contribution is -2.57. The zero-order chi connectivity index (χ0) is 25.0. The molecule has 2 aromatic rings. The molecule has 0 aliphatic carbocycles. The van der Waals surface area contributed by atoms with E-state index in [2.05, 4.69) is 10.2 Å². The number of nitrogens with zero attached hydrogens (tertiary/aromatic N) is 3. The fraction of sp³-hybridized carbons (Fsp3) is 0.462. The van der Waals surface area contributed by atoms with E-state index in [-0.39, 0.29) is 29.3 Å². The van der Waals surface area contributed by atoms with Crippen LogP contribution in [-0.4, -0.2) is 63.3 Å². The molecule has 0 spiro atoms. The van der Waals surface area contributed by atoms with Gasteiger partial charge in [0.2, 0.25) is 21.8 Å². The Balaban J connectivity index is 1.60. The number of hydrogen-bond donors (Lipinski definition) is 1. The SMILES string of the molecule is CCN(CC)S(=O)(=O)c1ccc2c(c1)N(CC(=O)NCCc1ccccc1)C(=O)[C@@H]1CCCCN21. The summed E-state index contributed by atoms with van der Waals surface area (Å²) in [5.41, 5.74) is 2.42. The minimum atomic E-state index is -3.70. The first kappa shape index (κ1) is 25.2. The first-order chi connectivity index (χ1) is 16.9. The minimum absolute atomic E-state index is 0.137. The summed E-state index contributed by atoms with van der Waals surface area (Å²) in [4.78, 5) is 30.0. The number of benzene rings is 2. The molecule has 1 N–H and O–H groups in total. The van der Waals surface area contributed by atoms with Crippen LogP contribution in [0.5, 0.6) is 0 Å². The average Bonchev–Trinajstić information content (AvgIpc) is 2.87. The molecular weight excluding hydrogens is 464 g/mol. The molecule has 2 aliphatic heterocycles. The van der Waals surface area contributed by atoms with Gasteiger partial charge in [-0.15, -0.1) is 0 Å². The third-order valence-electron chi connectivity index (χ3n) is 6.82. The molecule has 0 bridgehead atoms. The Morgan fingerprint density at radius 1 is 1.06 bits per heavy atom. The van der Waals surface area contributed by atoms with Crippen LogP contribution >= 0.6 is 0 Å². The molecular formula is C26H34N4O4S. The number of carbonyl (C=O) groups excluding carboxylic acids is 2. The Kier molecular flexibility index (Phi) is 7.76. The van der Waals surface area contributed by atoms with Crippen LogP contribution in [0.3, 0.4) is 0 Å². The highest BCUT2D eigenvalue weighted by Gasteiger charge is 2.40. The maximum absolute atomic E-state index is 13.5. The summed E-state index contributed by atoms with van der Waals surface area (Å²) >= 11 is 0. The smallest absolute Gasteiger partial charge is 0.250 e. The van der Waals surface area contributed by atoms with Gasteiger partial charge in [0.25, 0.3) is 0 Å². The summed E-state index contributed by atoms with van der Waals surface area (Å²) in [6, 6.07) is 14.5. The van der Waals surface area contributed by atoms with Crippen molar-refractivity contribution in [2.24, 2.45) is 0 Å². The zero-order valence-electron chi connectivity index (χ0n) is 20.4. The highest BCUT2D eigenvalue weighted by molar-refractivity contribution is 7.89. The molecule has 2 aliphatic rings. The minimum Gasteiger partial charge on any atom is -0.358 e. The van der Waals surface area contributed by atoms with Crippen LogP contribution in [-0.2, 0) is 26.0 Å². The summed E-state index contributed by atoms with van der Waals surface area (Å²) in [7, 11) is -3.70. The molecule has 4 rings (SSSR count). The van der Waals surface area contributed by atoms with Crippen LogP contribution in [0.4, 0.5) is 11.4 Å². The summed E-state index contributed by atoms with van der Waals surface area (Å²) < 4.78 is 27.8. The van der Waals surface area contributed by atoms with E-state index in [1.54, 1.807) is 32.0 Å². The fourth-order valence-corrected chi connectivity index (χ4v) is 6.44. The van der Waals surface area contributed by atoms with Gasteiger partial charge in [-0.2, -0.15) is 4.31 Å². The zero-order valence-corrected chi connectivity index (χ0v) is 21.3. The van der Waals surface area contributed by atoms with Gasteiger partial charge in [0, 0.05) is 26.2 Å².